The molecule has 0 fully saturated rings. The van der Waals surface area contributed by atoms with Gasteiger partial charge < -0.3 is 9.84 Å². The molecule has 0 radical (unpaired) electrons. The summed E-state index contributed by atoms with van der Waals surface area (Å²) in [6.45, 7) is 5.12. The van der Waals surface area contributed by atoms with Crippen molar-refractivity contribution in [3.8, 4) is 5.75 Å². The van der Waals surface area contributed by atoms with Crippen LogP contribution in [0.25, 0.3) is 0 Å². The molecule has 2 aromatic rings. The molecule has 8 heteroatoms. The predicted octanol–water partition coefficient (Wildman–Crippen LogP) is 2.61. The van der Waals surface area contributed by atoms with Crippen molar-refractivity contribution in [1.82, 2.24) is 4.72 Å². The van der Waals surface area contributed by atoms with Crippen LogP contribution in [0, 0.1) is 5.41 Å². The second-order valence-corrected chi connectivity index (χ2v) is 9.03. The van der Waals surface area contributed by atoms with Gasteiger partial charge in [-0.2, -0.15) is 4.72 Å². The standard InChI is InChI=1S/C20H23NO6S/c1-20(2,3)19(24)27-15-9-11-16(12-10-15)28(25,26)21-17(18(22)23)13-14-7-5-4-6-8-14/h4-12,17,21H,13H2,1-3H3,(H,22,23)/t17-/m0/s1. The van der Waals surface area contributed by atoms with Crippen LogP contribution in [0.3, 0.4) is 0 Å². The number of esters is 1. The van der Waals surface area contributed by atoms with Gasteiger partial charge in [0.15, 0.2) is 0 Å². The Labute approximate surface area is 164 Å². The summed E-state index contributed by atoms with van der Waals surface area (Å²) in [5.41, 5.74) is 0.000352. The highest BCUT2D eigenvalue weighted by molar-refractivity contribution is 7.89. The summed E-state index contributed by atoms with van der Waals surface area (Å²) < 4.78 is 32.5. The largest absolute Gasteiger partial charge is 0.480 e. The minimum atomic E-state index is -4.07. The SMILES string of the molecule is CC(C)(C)C(=O)Oc1ccc(S(=O)(=O)N[C@@H](Cc2ccccc2)C(=O)O)cc1. The molecule has 1 atom stereocenters. The van der Waals surface area contributed by atoms with E-state index in [0.717, 1.165) is 0 Å². The molecule has 0 bridgehead atoms. The normalized spacial score (nSPS) is 13.0. The molecule has 0 amide bonds. The minimum Gasteiger partial charge on any atom is -0.480 e. The van der Waals surface area contributed by atoms with Gasteiger partial charge in [-0.05, 0) is 57.0 Å². The average Bonchev–Trinajstić information content (AvgIpc) is 2.61. The molecule has 2 rings (SSSR count). The highest BCUT2D eigenvalue weighted by Gasteiger charge is 2.26. The van der Waals surface area contributed by atoms with Crippen LogP contribution in [0.4, 0.5) is 0 Å². The molecule has 0 unspecified atom stereocenters. The van der Waals surface area contributed by atoms with E-state index < -0.39 is 33.4 Å². The van der Waals surface area contributed by atoms with Crippen LogP contribution in [-0.4, -0.2) is 31.5 Å². The van der Waals surface area contributed by atoms with E-state index in [1.165, 1.54) is 24.3 Å². The molecule has 0 spiro atoms. The van der Waals surface area contributed by atoms with Crippen molar-refractivity contribution in [2.45, 2.75) is 38.1 Å². The van der Waals surface area contributed by atoms with E-state index >= 15 is 0 Å². The monoisotopic (exact) mass is 405 g/mol. The lowest BCUT2D eigenvalue weighted by Crippen LogP contribution is -2.42. The van der Waals surface area contributed by atoms with Gasteiger partial charge in [0, 0.05) is 0 Å². The Kier molecular flexibility index (Phi) is 6.58. The summed E-state index contributed by atoms with van der Waals surface area (Å²) >= 11 is 0. The zero-order valence-electron chi connectivity index (χ0n) is 15.9. The van der Waals surface area contributed by atoms with Gasteiger partial charge >= 0.3 is 11.9 Å². The second-order valence-electron chi connectivity index (χ2n) is 7.31. The summed E-state index contributed by atoms with van der Waals surface area (Å²) in [5, 5.41) is 9.38. The fraction of sp³-hybridized carbons (Fsp3) is 0.300. The first-order chi connectivity index (χ1) is 13.0. The van der Waals surface area contributed by atoms with Gasteiger partial charge in [0.05, 0.1) is 10.3 Å². The minimum absolute atomic E-state index is 0.0106. The summed E-state index contributed by atoms with van der Waals surface area (Å²) in [7, 11) is -4.07. The predicted molar refractivity (Wildman–Crippen MR) is 103 cm³/mol. The summed E-state index contributed by atoms with van der Waals surface area (Å²) in [6, 6.07) is 12.6. The lowest BCUT2D eigenvalue weighted by molar-refractivity contribution is -0.143. The fourth-order valence-electron chi connectivity index (χ4n) is 2.23. The lowest BCUT2D eigenvalue weighted by atomic mass is 9.97. The van der Waals surface area contributed by atoms with Crippen molar-refractivity contribution in [2.24, 2.45) is 5.41 Å². The van der Waals surface area contributed by atoms with Crippen molar-refractivity contribution in [2.75, 3.05) is 0 Å². The van der Waals surface area contributed by atoms with E-state index in [-0.39, 0.29) is 17.1 Å². The van der Waals surface area contributed by atoms with Crippen molar-refractivity contribution in [3.05, 3.63) is 60.2 Å². The van der Waals surface area contributed by atoms with Crippen molar-refractivity contribution in [1.29, 1.82) is 0 Å². The Morgan fingerprint density at radius 3 is 2.11 bits per heavy atom. The number of sulfonamides is 1. The van der Waals surface area contributed by atoms with E-state index in [2.05, 4.69) is 4.72 Å². The third-order valence-corrected chi connectivity index (χ3v) is 5.32. The van der Waals surface area contributed by atoms with Crippen molar-refractivity contribution in [3.63, 3.8) is 0 Å². The third kappa shape index (κ3) is 5.90. The fourth-order valence-corrected chi connectivity index (χ4v) is 3.42. The molecule has 7 nitrogen and oxygen atoms in total. The van der Waals surface area contributed by atoms with Crippen molar-refractivity contribution >= 4 is 22.0 Å². The van der Waals surface area contributed by atoms with Gasteiger partial charge in [0.1, 0.15) is 11.8 Å². The molecule has 0 aliphatic heterocycles. The molecule has 0 aliphatic carbocycles. The van der Waals surface area contributed by atoms with E-state index in [4.69, 9.17) is 4.74 Å². The summed E-state index contributed by atoms with van der Waals surface area (Å²) in [4.78, 5) is 23.3. The Hall–Kier alpha value is -2.71. The quantitative estimate of drug-likeness (QED) is 0.541. The number of carboxylic acid groups (broad SMARTS) is 1. The number of carboxylic acids is 1. The number of hydrogen-bond donors (Lipinski definition) is 2. The van der Waals surface area contributed by atoms with Crippen LogP contribution >= 0.6 is 0 Å². The van der Waals surface area contributed by atoms with Gasteiger partial charge in [0.25, 0.3) is 0 Å². The molecule has 0 aliphatic rings. The Morgan fingerprint density at radius 2 is 1.61 bits per heavy atom. The maximum Gasteiger partial charge on any atom is 0.322 e. The van der Waals surface area contributed by atoms with Gasteiger partial charge in [-0.1, -0.05) is 30.3 Å². The number of nitrogens with one attached hydrogen (secondary N) is 1. The first kappa shape index (κ1) is 21.6. The molecular formula is C20H23NO6S. The van der Waals surface area contributed by atoms with Gasteiger partial charge in [0.2, 0.25) is 10.0 Å². The highest BCUT2D eigenvalue weighted by atomic mass is 32.2. The van der Waals surface area contributed by atoms with Crippen LogP contribution in [0.1, 0.15) is 26.3 Å². The molecule has 0 saturated heterocycles. The van der Waals surface area contributed by atoms with Gasteiger partial charge in [-0.3, -0.25) is 9.59 Å². The number of carbonyl (C=O) groups excluding carboxylic acids is 1. The van der Waals surface area contributed by atoms with Crippen LogP contribution < -0.4 is 9.46 Å². The maximum atomic E-state index is 12.5. The molecule has 0 aromatic heterocycles. The van der Waals surface area contributed by atoms with Crippen LogP contribution in [-0.2, 0) is 26.0 Å². The molecule has 150 valence electrons. The van der Waals surface area contributed by atoms with Gasteiger partial charge in [-0.15, -0.1) is 0 Å². The number of rotatable bonds is 7. The van der Waals surface area contributed by atoms with E-state index in [9.17, 15) is 23.1 Å². The van der Waals surface area contributed by atoms with E-state index in [1.807, 2.05) is 0 Å². The second kappa shape index (κ2) is 8.53. The Morgan fingerprint density at radius 1 is 1.04 bits per heavy atom. The van der Waals surface area contributed by atoms with Crippen molar-refractivity contribution < 1.29 is 27.9 Å². The molecule has 2 N–H and O–H groups in total. The highest BCUT2D eigenvalue weighted by Crippen LogP contribution is 2.21. The first-order valence-electron chi connectivity index (χ1n) is 8.60. The maximum absolute atomic E-state index is 12.5. The molecule has 0 saturated carbocycles. The Bertz CT molecular complexity index is 931. The van der Waals surface area contributed by atoms with Crippen LogP contribution in [0.15, 0.2) is 59.5 Å². The first-order valence-corrected chi connectivity index (χ1v) is 10.1. The number of hydrogen-bond acceptors (Lipinski definition) is 5. The number of aliphatic carboxylic acids is 1. The number of ether oxygens (including phenoxy) is 1. The smallest absolute Gasteiger partial charge is 0.322 e. The van der Waals surface area contributed by atoms with E-state index in [1.54, 1.807) is 51.1 Å². The van der Waals surface area contributed by atoms with Crippen LogP contribution in [0.2, 0.25) is 0 Å². The molecule has 0 heterocycles. The Balaban J connectivity index is 2.14. The third-order valence-electron chi connectivity index (χ3n) is 3.84. The number of benzene rings is 2. The number of carbonyl (C=O) groups is 2. The zero-order valence-corrected chi connectivity index (χ0v) is 16.7. The topological polar surface area (TPSA) is 110 Å². The van der Waals surface area contributed by atoms with E-state index in [0.29, 0.717) is 5.56 Å². The summed E-state index contributed by atoms with van der Waals surface area (Å²) in [6.07, 6.45) is 0.0106. The summed E-state index contributed by atoms with van der Waals surface area (Å²) in [5.74, 6) is -1.52. The molecular weight excluding hydrogens is 382 g/mol. The lowest BCUT2D eigenvalue weighted by Gasteiger charge is -2.17. The molecule has 2 aromatic carbocycles. The zero-order chi connectivity index (χ0) is 20.9. The van der Waals surface area contributed by atoms with Crippen LogP contribution in [0.5, 0.6) is 5.75 Å². The van der Waals surface area contributed by atoms with Gasteiger partial charge in [-0.25, -0.2) is 8.42 Å². The molecule has 28 heavy (non-hydrogen) atoms. The average molecular weight is 405 g/mol.